The number of para-hydroxylation sites is 1. The first-order valence-electron chi connectivity index (χ1n) is 7.81. The number of carbonyl (C=O) groups excluding carboxylic acids is 1. The summed E-state index contributed by atoms with van der Waals surface area (Å²) in [5.74, 6) is 0.952. The van der Waals surface area contributed by atoms with Crippen LogP contribution in [0.5, 0.6) is 5.75 Å². The monoisotopic (exact) mass is 288 g/mol. The van der Waals surface area contributed by atoms with E-state index < -0.39 is 5.41 Å². The Morgan fingerprint density at radius 1 is 1.43 bits per heavy atom. The van der Waals surface area contributed by atoms with Gasteiger partial charge in [0.1, 0.15) is 5.75 Å². The minimum absolute atomic E-state index is 0.0370. The molecule has 0 radical (unpaired) electrons. The average molecular weight is 288 g/mol. The molecule has 2 N–H and O–H groups in total. The molecule has 21 heavy (non-hydrogen) atoms. The Hall–Kier alpha value is -1.55. The maximum atomic E-state index is 13.2. The van der Waals surface area contributed by atoms with E-state index in [0.29, 0.717) is 0 Å². The molecule has 1 saturated carbocycles. The fourth-order valence-corrected chi connectivity index (χ4v) is 3.75. The van der Waals surface area contributed by atoms with Gasteiger partial charge in [-0.05, 0) is 44.2 Å². The summed E-state index contributed by atoms with van der Waals surface area (Å²) < 4.78 is 5.49. The molecule has 2 atom stereocenters. The van der Waals surface area contributed by atoms with E-state index in [-0.39, 0.29) is 11.9 Å². The van der Waals surface area contributed by atoms with E-state index >= 15 is 0 Å². The van der Waals surface area contributed by atoms with E-state index in [1.54, 1.807) is 7.11 Å². The maximum Gasteiger partial charge on any atom is 0.234 e. The van der Waals surface area contributed by atoms with Crippen LogP contribution in [0.2, 0.25) is 0 Å². The molecule has 1 amide bonds. The molecule has 3 rings (SSSR count). The Labute approximate surface area is 126 Å². The first-order valence-corrected chi connectivity index (χ1v) is 7.81. The van der Waals surface area contributed by atoms with Crippen molar-refractivity contribution >= 4 is 11.6 Å². The number of methoxy groups -OCH3 is 1. The van der Waals surface area contributed by atoms with Crippen molar-refractivity contribution in [3.8, 4) is 5.75 Å². The fraction of sp³-hybridized carbons (Fsp3) is 0.588. The first-order chi connectivity index (χ1) is 10.1. The maximum absolute atomic E-state index is 13.2. The van der Waals surface area contributed by atoms with E-state index in [1.165, 1.54) is 5.56 Å². The molecule has 1 aliphatic heterocycles. The number of rotatable bonds is 2. The van der Waals surface area contributed by atoms with Crippen LogP contribution in [-0.2, 0) is 11.2 Å². The molecule has 2 aliphatic rings. The van der Waals surface area contributed by atoms with Crippen LogP contribution in [0.4, 0.5) is 5.69 Å². The van der Waals surface area contributed by atoms with Crippen molar-refractivity contribution in [1.29, 1.82) is 0 Å². The van der Waals surface area contributed by atoms with Gasteiger partial charge in [0.15, 0.2) is 0 Å². The van der Waals surface area contributed by atoms with Gasteiger partial charge in [-0.2, -0.15) is 0 Å². The number of carbonyl (C=O) groups is 1. The van der Waals surface area contributed by atoms with Gasteiger partial charge in [0.2, 0.25) is 5.91 Å². The van der Waals surface area contributed by atoms with Crippen LogP contribution in [0, 0.1) is 5.41 Å². The third-order valence-electron chi connectivity index (χ3n) is 5.16. The molecule has 2 unspecified atom stereocenters. The topological polar surface area (TPSA) is 55.6 Å². The highest BCUT2D eigenvalue weighted by molar-refractivity contribution is 6.00. The number of nitrogens with zero attached hydrogens (tertiary/aromatic N) is 1. The van der Waals surface area contributed by atoms with Crippen LogP contribution in [0.3, 0.4) is 0 Å². The highest BCUT2D eigenvalue weighted by Crippen LogP contribution is 2.43. The summed E-state index contributed by atoms with van der Waals surface area (Å²) >= 11 is 0. The number of benzene rings is 1. The predicted molar refractivity (Wildman–Crippen MR) is 83.6 cm³/mol. The van der Waals surface area contributed by atoms with Gasteiger partial charge in [-0.1, -0.05) is 18.6 Å². The van der Waals surface area contributed by atoms with Crippen LogP contribution in [0.1, 0.15) is 38.2 Å². The lowest BCUT2D eigenvalue weighted by molar-refractivity contribution is -0.127. The summed E-state index contributed by atoms with van der Waals surface area (Å²) in [5, 5.41) is 0. The normalized spacial score (nSPS) is 28.3. The molecule has 114 valence electrons. The van der Waals surface area contributed by atoms with Gasteiger partial charge in [0, 0.05) is 12.6 Å². The van der Waals surface area contributed by atoms with Gasteiger partial charge >= 0.3 is 0 Å². The van der Waals surface area contributed by atoms with Gasteiger partial charge in [0.25, 0.3) is 0 Å². The zero-order valence-electron chi connectivity index (χ0n) is 12.9. The van der Waals surface area contributed by atoms with Crippen molar-refractivity contribution in [2.75, 3.05) is 18.6 Å². The van der Waals surface area contributed by atoms with E-state index in [2.05, 4.69) is 6.07 Å². The third kappa shape index (κ3) is 2.22. The Morgan fingerprint density at radius 3 is 2.90 bits per heavy atom. The largest absolute Gasteiger partial charge is 0.495 e. The molecule has 1 heterocycles. The molecule has 4 heteroatoms. The Balaban J connectivity index is 2.00. The second-order valence-corrected chi connectivity index (χ2v) is 6.44. The highest BCUT2D eigenvalue weighted by atomic mass is 16.5. The average Bonchev–Trinajstić information content (AvgIpc) is 2.86. The van der Waals surface area contributed by atoms with Gasteiger partial charge in [-0.3, -0.25) is 4.79 Å². The van der Waals surface area contributed by atoms with Gasteiger partial charge in [-0.25, -0.2) is 0 Å². The zero-order chi connectivity index (χ0) is 15.0. The standard InChI is InChI=1S/C17H24N2O2/c1-17(10-4-9-14(17)18)16(20)19-11-5-7-12-6-3-8-13(21-2)15(12)19/h3,6,8,14H,4-5,7,9-11,18H2,1-2H3. The van der Waals surface area contributed by atoms with Gasteiger partial charge in [-0.15, -0.1) is 0 Å². The summed E-state index contributed by atoms with van der Waals surface area (Å²) in [5.41, 5.74) is 7.95. The van der Waals surface area contributed by atoms with E-state index in [1.807, 2.05) is 24.0 Å². The number of anilines is 1. The molecule has 0 spiro atoms. The van der Waals surface area contributed by atoms with E-state index in [4.69, 9.17) is 10.5 Å². The van der Waals surface area contributed by atoms with Crippen molar-refractivity contribution in [2.24, 2.45) is 11.1 Å². The van der Waals surface area contributed by atoms with Crippen LogP contribution in [-0.4, -0.2) is 25.6 Å². The van der Waals surface area contributed by atoms with Crippen LogP contribution in [0.15, 0.2) is 18.2 Å². The molecule has 1 fully saturated rings. The molecule has 1 aliphatic carbocycles. The lowest BCUT2D eigenvalue weighted by atomic mass is 9.82. The summed E-state index contributed by atoms with van der Waals surface area (Å²) in [7, 11) is 1.66. The Morgan fingerprint density at radius 2 is 2.24 bits per heavy atom. The predicted octanol–water partition coefficient (Wildman–Crippen LogP) is 2.49. The number of amides is 1. The number of hydrogen-bond donors (Lipinski definition) is 1. The molecule has 0 aromatic heterocycles. The third-order valence-corrected chi connectivity index (χ3v) is 5.16. The molecule has 1 aromatic carbocycles. The minimum atomic E-state index is -0.435. The van der Waals surface area contributed by atoms with Gasteiger partial charge < -0.3 is 15.4 Å². The summed E-state index contributed by atoms with van der Waals surface area (Å²) in [6.07, 6.45) is 4.86. The SMILES string of the molecule is COc1cccc2c1N(C(=O)C1(C)CCCC1N)CCC2. The number of aryl methyl sites for hydroxylation is 1. The second kappa shape index (κ2) is 5.34. The Bertz CT molecular complexity index is 543. The van der Waals surface area contributed by atoms with E-state index in [0.717, 1.165) is 50.1 Å². The second-order valence-electron chi connectivity index (χ2n) is 6.44. The first kappa shape index (κ1) is 14.4. The van der Waals surface area contributed by atoms with Crippen LogP contribution < -0.4 is 15.4 Å². The molecule has 4 nitrogen and oxygen atoms in total. The molecule has 0 bridgehead atoms. The van der Waals surface area contributed by atoms with Crippen LogP contribution >= 0.6 is 0 Å². The summed E-state index contributed by atoms with van der Waals surface area (Å²) in [4.78, 5) is 15.1. The molecule has 1 aromatic rings. The summed E-state index contributed by atoms with van der Waals surface area (Å²) in [6.45, 7) is 2.78. The van der Waals surface area contributed by atoms with Gasteiger partial charge in [0.05, 0.1) is 18.2 Å². The summed E-state index contributed by atoms with van der Waals surface area (Å²) in [6, 6.07) is 5.98. The van der Waals surface area contributed by atoms with Crippen molar-refractivity contribution in [1.82, 2.24) is 0 Å². The number of ether oxygens (including phenoxy) is 1. The zero-order valence-corrected chi connectivity index (χ0v) is 12.9. The quantitative estimate of drug-likeness (QED) is 0.909. The number of hydrogen-bond acceptors (Lipinski definition) is 3. The minimum Gasteiger partial charge on any atom is -0.495 e. The van der Waals surface area contributed by atoms with Crippen molar-refractivity contribution in [2.45, 2.75) is 45.1 Å². The number of nitrogens with two attached hydrogens (primary N) is 1. The van der Waals surface area contributed by atoms with Crippen molar-refractivity contribution in [3.05, 3.63) is 23.8 Å². The van der Waals surface area contributed by atoms with Crippen molar-refractivity contribution in [3.63, 3.8) is 0 Å². The molecule has 0 saturated heterocycles. The lowest BCUT2D eigenvalue weighted by Crippen LogP contribution is -2.50. The lowest BCUT2D eigenvalue weighted by Gasteiger charge is -2.38. The van der Waals surface area contributed by atoms with E-state index in [9.17, 15) is 4.79 Å². The number of fused-ring (bicyclic) bond motifs is 1. The highest BCUT2D eigenvalue weighted by Gasteiger charge is 2.46. The molecular formula is C17H24N2O2. The van der Waals surface area contributed by atoms with Crippen LogP contribution in [0.25, 0.3) is 0 Å². The van der Waals surface area contributed by atoms with Crippen molar-refractivity contribution < 1.29 is 9.53 Å². The molecular weight excluding hydrogens is 264 g/mol. The fourth-order valence-electron chi connectivity index (χ4n) is 3.75. The smallest absolute Gasteiger partial charge is 0.234 e. The Kier molecular flexibility index (Phi) is 3.66.